The van der Waals surface area contributed by atoms with Crippen LogP contribution in [0.1, 0.15) is 27.0 Å². The predicted molar refractivity (Wildman–Crippen MR) is 72.0 cm³/mol. The number of nitriles is 1. The van der Waals surface area contributed by atoms with E-state index in [9.17, 15) is 4.79 Å². The number of carbonyl (C=O) groups excluding carboxylic acids is 1. The second kappa shape index (κ2) is 5.36. The number of aryl methyl sites for hydroxylation is 2. The van der Waals surface area contributed by atoms with Crippen molar-refractivity contribution in [2.45, 2.75) is 13.8 Å². The number of hydrogen-bond acceptors (Lipinski definition) is 3. The van der Waals surface area contributed by atoms with Gasteiger partial charge in [0.15, 0.2) is 0 Å². The SMILES string of the molecule is Cc1cc(C#N)cc(C)c1OC(=O)c1ccccc1. The molecular weight excluding hydrogens is 238 g/mol. The molecule has 0 amide bonds. The highest BCUT2D eigenvalue weighted by Crippen LogP contribution is 2.25. The molecule has 0 spiro atoms. The van der Waals surface area contributed by atoms with Gasteiger partial charge in [0.25, 0.3) is 0 Å². The first-order valence-corrected chi connectivity index (χ1v) is 5.90. The number of hydrogen-bond donors (Lipinski definition) is 0. The van der Waals surface area contributed by atoms with E-state index in [2.05, 4.69) is 6.07 Å². The van der Waals surface area contributed by atoms with Crippen molar-refractivity contribution in [3.05, 3.63) is 64.7 Å². The first-order valence-electron chi connectivity index (χ1n) is 5.90. The molecule has 94 valence electrons. The molecule has 0 aliphatic heterocycles. The Morgan fingerprint density at radius 3 is 2.21 bits per heavy atom. The van der Waals surface area contributed by atoms with Gasteiger partial charge in [-0.25, -0.2) is 4.79 Å². The summed E-state index contributed by atoms with van der Waals surface area (Å²) in [5, 5.41) is 8.88. The summed E-state index contributed by atoms with van der Waals surface area (Å²) in [6, 6.07) is 14.3. The minimum Gasteiger partial charge on any atom is -0.422 e. The average molecular weight is 251 g/mol. The predicted octanol–water partition coefficient (Wildman–Crippen LogP) is 3.39. The van der Waals surface area contributed by atoms with E-state index in [1.807, 2.05) is 19.9 Å². The Balaban J connectivity index is 2.30. The van der Waals surface area contributed by atoms with Gasteiger partial charge in [-0.15, -0.1) is 0 Å². The van der Waals surface area contributed by atoms with Crippen molar-refractivity contribution in [3.8, 4) is 11.8 Å². The average Bonchev–Trinajstić information content (AvgIpc) is 2.43. The Bertz CT molecular complexity index is 631. The molecule has 3 nitrogen and oxygen atoms in total. The van der Waals surface area contributed by atoms with Gasteiger partial charge in [0, 0.05) is 0 Å². The minimum absolute atomic E-state index is 0.392. The zero-order chi connectivity index (χ0) is 13.8. The molecule has 0 aliphatic carbocycles. The maximum absolute atomic E-state index is 12.0. The van der Waals surface area contributed by atoms with Crippen molar-refractivity contribution in [3.63, 3.8) is 0 Å². The van der Waals surface area contributed by atoms with Crippen LogP contribution in [0, 0.1) is 25.2 Å². The number of rotatable bonds is 2. The molecule has 0 N–H and O–H groups in total. The van der Waals surface area contributed by atoms with E-state index in [-0.39, 0.29) is 0 Å². The molecule has 2 aromatic rings. The van der Waals surface area contributed by atoms with Crippen LogP contribution in [0.4, 0.5) is 0 Å². The minimum atomic E-state index is -0.392. The van der Waals surface area contributed by atoms with E-state index in [1.165, 1.54) is 0 Å². The summed E-state index contributed by atoms with van der Waals surface area (Å²) < 4.78 is 5.41. The van der Waals surface area contributed by atoms with Crippen LogP contribution in [0.25, 0.3) is 0 Å². The second-order valence-corrected chi connectivity index (χ2v) is 4.31. The van der Waals surface area contributed by atoms with Gasteiger partial charge in [-0.2, -0.15) is 5.26 Å². The van der Waals surface area contributed by atoms with Gasteiger partial charge in [0.1, 0.15) is 5.75 Å². The quantitative estimate of drug-likeness (QED) is 0.607. The van der Waals surface area contributed by atoms with E-state index < -0.39 is 5.97 Å². The van der Waals surface area contributed by atoms with E-state index in [1.54, 1.807) is 36.4 Å². The van der Waals surface area contributed by atoms with E-state index in [0.717, 1.165) is 11.1 Å². The largest absolute Gasteiger partial charge is 0.422 e. The van der Waals surface area contributed by atoms with Crippen molar-refractivity contribution in [2.24, 2.45) is 0 Å². The first-order chi connectivity index (χ1) is 9.11. The summed E-state index contributed by atoms with van der Waals surface area (Å²) in [6.07, 6.45) is 0. The number of ether oxygens (including phenoxy) is 1. The Hall–Kier alpha value is -2.60. The van der Waals surface area contributed by atoms with Crippen LogP contribution in [-0.2, 0) is 0 Å². The van der Waals surface area contributed by atoms with E-state index >= 15 is 0 Å². The van der Waals surface area contributed by atoms with Crippen LogP contribution >= 0.6 is 0 Å². The van der Waals surface area contributed by atoms with Gasteiger partial charge in [-0.05, 0) is 49.2 Å². The van der Waals surface area contributed by atoms with Gasteiger partial charge in [-0.1, -0.05) is 18.2 Å². The Labute approximate surface area is 112 Å². The molecule has 0 unspecified atom stereocenters. The fourth-order valence-corrected chi connectivity index (χ4v) is 1.90. The van der Waals surface area contributed by atoms with Gasteiger partial charge in [0.2, 0.25) is 0 Å². The van der Waals surface area contributed by atoms with Gasteiger partial charge in [-0.3, -0.25) is 0 Å². The van der Waals surface area contributed by atoms with Crippen LogP contribution in [0.2, 0.25) is 0 Å². The van der Waals surface area contributed by atoms with E-state index in [0.29, 0.717) is 16.9 Å². The van der Waals surface area contributed by atoms with Crippen LogP contribution in [0.5, 0.6) is 5.75 Å². The molecule has 0 aliphatic rings. The van der Waals surface area contributed by atoms with Gasteiger partial charge in [0.05, 0.1) is 17.2 Å². The lowest BCUT2D eigenvalue weighted by atomic mass is 10.1. The van der Waals surface area contributed by atoms with Crippen LogP contribution in [0.15, 0.2) is 42.5 Å². The highest BCUT2D eigenvalue weighted by molar-refractivity contribution is 5.91. The molecule has 0 saturated heterocycles. The third kappa shape index (κ3) is 2.80. The third-order valence-corrected chi connectivity index (χ3v) is 2.79. The van der Waals surface area contributed by atoms with Crippen molar-refractivity contribution >= 4 is 5.97 Å². The Morgan fingerprint density at radius 1 is 1.11 bits per heavy atom. The van der Waals surface area contributed by atoms with Crippen molar-refractivity contribution in [1.29, 1.82) is 5.26 Å². The standard InChI is InChI=1S/C16H13NO2/c1-11-8-13(10-17)9-12(2)15(11)19-16(18)14-6-4-3-5-7-14/h3-9H,1-2H3. The highest BCUT2D eigenvalue weighted by Gasteiger charge is 2.12. The third-order valence-electron chi connectivity index (χ3n) is 2.79. The van der Waals surface area contributed by atoms with Crippen molar-refractivity contribution in [2.75, 3.05) is 0 Å². The fraction of sp³-hybridized carbons (Fsp3) is 0.125. The molecular formula is C16H13NO2. The molecule has 2 aromatic carbocycles. The molecule has 0 fully saturated rings. The summed E-state index contributed by atoms with van der Waals surface area (Å²) in [5.41, 5.74) is 2.63. The summed E-state index contributed by atoms with van der Waals surface area (Å²) in [5.74, 6) is 0.129. The number of nitrogens with zero attached hydrogens (tertiary/aromatic N) is 1. The smallest absolute Gasteiger partial charge is 0.343 e. The zero-order valence-corrected chi connectivity index (χ0v) is 10.8. The van der Waals surface area contributed by atoms with Gasteiger partial charge < -0.3 is 4.74 Å². The molecule has 0 heterocycles. The lowest BCUT2D eigenvalue weighted by molar-refractivity contribution is 0.0732. The number of carbonyl (C=O) groups is 1. The van der Waals surface area contributed by atoms with Gasteiger partial charge >= 0.3 is 5.97 Å². The van der Waals surface area contributed by atoms with Crippen molar-refractivity contribution < 1.29 is 9.53 Å². The topological polar surface area (TPSA) is 50.1 Å². The van der Waals surface area contributed by atoms with E-state index in [4.69, 9.17) is 10.00 Å². The molecule has 0 aromatic heterocycles. The molecule has 0 bridgehead atoms. The molecule has 3 heteroatoms. The fourth-order valence-electron chi connectivity index (χ4n) is 1.90. The second-order valence-electron chi connectivity index (χ2n) is 4.31. The zero-order valence-electron chi connectivity index (χ0n) is 10.8. The lowest BCUT2D eigenvalue weighted by Crippen LogP contribution is -2.10. The number of benzene rings is 2. The molecule has 19 heavy (non-hydrogen) atoms. The molecule has 2 rings (SSSR count). The summed E-state index contributed by atoms with van der Waals surface area (Å²) >= 11 is 0. The Kier molecular flexibility index (Phi) is 3.63. The molecule has 0 atom stereocenters. The maximum Gasteiger partial charge on any atom is 0.343 e. The highest BCUT2D eigenvalue weighted by atomic mass is 16.5. The van der Waals surface area contributed by atoms with Crippen LogP contribution in [-0.4, -0.2) is 5.97 Å². The van der Waals surface area contributed by atoms with Crippen LogP contribution < -0.4 is 4.74 Å². The summed E-state index contributed by atoms with van der Waals surface area (Å²) in [7, 11) is 0. The van der Waals surface area contributed by atoms with Crippen LogP contribution in [0.3, 0.4) is 0 Å². The summed E-state index contributed by atoms with van der Waals surface area (Å²) in [6.45, 7) is 3.64. The van der Waals surface area contributed by atoms with Crippen molar-refractivity contribution in [1.82, 2.24) is 0 Å². The molecule has 0 radical (unpaired) electrons. The first kappa shape index (κ1) is 12.8. The lowest BCUT2D eigenvalue weighted by Gasteiger charge is -2.10. The molecule has 0 saturated carbocycles. The normalized spacial score (nSPS) is 9.74. The monoisotopic (exact) mass is 251 g/mol. The number of esters is 1. The maximum atomic E-state index is 12.0. The summed E-state index contributed by atoms with van der Waals surface area (Å²) in [4.78, 5) is 12.0. The Morgan fingerprint density at radius 2 is 1.68 bits per heavy atom.